The number of hydrogen-bond acceptors (Lipinski definition) is 6. The zero-order valence-corrected chi connectivity index (χ0v) is 11.5. The molecular formula is C10H6ClN2O4S2-. The van der Waals surface area contributed by atoms with E-state index in [0.717, 1.165) is 11.3 Å². The number of phenolic OH excluding ortho intramolecular Hbond substituents is 1. The van der Waals surface area contributed by atoms with Crippen LogP contribution in [-0.2, 0) is 11.1 Å². The first kappa shape index (κ1) is 13.9. The molecule has 100 valence electrons. The van der Waals surface area contributed by atoms with Gasteiger partial charge in [-0.1, -0.05) is 11.6 Å². The highest BCUT2D eigenvalue weighted by molar-refractivity contribution is 7.79. The number of phenols is 1. The Kier molecular flexibility index (Phi) is 4.15. The van der Waals surface area contributed by atoms with Gasteiger partial charge in [0.25, 0.3) is 5.91 Å². The predicted octanol–water partition coefficient (Wildman–Crippen LogP) is 1.99. The first-order chi connectivity index (χ1) is 8.97. The Labute approximate surface area is 119 Å². The van der Waals surface area contributed by atoms with Crippen molar-refractivity contribution in [3.63, 3.8) is 0 Å². The van der Waals surface area contributed by atoms with Crippen molar-refractivity contribution in [3.8, 4) is 5.75 Å². The van der Waals surface area contributed by atoms with E-state index in [4.69, 9.17) is 11.6 Å². The van der Waals surface area contributed by atoms with Gasteiger partial charge in [0, 0.05) is 10.9 Å². The fraction of sp³-hybridized carbons (Fsp3) is 0. The number of carbonyl (C=O) groups is 1. The summed E-state index contributed by atoms with van der Waals surface area (Å²) in [4.78, 5) is 15.5. The molecule has 0 saturated carbocycles. The van der Waals surface area contributed by atoms with E-state index in [1.807, 2.05) is 0 Å². The Bertz CT molecular complexity index is 659. The van der Waals surface area contributed by atoms with Crippen LogP contribution in [0.15, 0.2) is 28.6 Å². The number of rotatable bonds is 3. The summed E-state index contributed by atoms with van der Waals surface area (Å²) < 4.78 is 21.3. The monoisotopic (exact) mass is 317 g/mol. The second-order valence-electron chi connectivity index (χ2n) is 3.35. The number of halogens is 1. The lowest BCUT2D eigenvalue weighted by Gasteiger charge is -2.03. The molecule has 1 amide bonds. The maximum Gasteiger partial charge on any atom is 0.257 e. The Morgan fingerprint density at radius 1 is 1.53 bits per heavy atom. The maximum atomic E-state index is 11.8. The second-order valence-corrected chi connectivity index (χ2v) is 5.50. The van der Waals surface area contributed by atoms with Crippen LogP contribution in [0.25, 0.3) is 0 Å². The van der Waals surface area contributed by atoms with Crippen molar-refractivity contribution in [3.05, 3.63) is 34.2 Å². The second kappa shape index (κ2) is 5.66. The SMILES string of the molecule is O=C(Nc1nc(S(=O)[O-])cs1)c1ccc(O)c(Cl)c1. The fourth-order valence-corrected chi connectivity index (χ4v) is 2.64. The number of carbonyl (C=O) groups excluding carboxylic acids is 1. The first-order valence-corrected chi connectivity index (χ1v) is 7.15. The molecule has 0 fully saturated rings. The van der Waals surface area contributed by atoms with Crippen molar-refractivity contribution in [1.82, 2.24) is 4.98 Å². The normalized spacial score (nSPS) is 12.1. The number of amides is 1. The number of anilines is 1. The van der Waals surface area contributed by atoms with Gasteiger partial charge >= 0.3 is 0 Å². The molecule has 0 bridgehead atoms. The minimum atomic E-state index is -2.43. The van der Waals surface area contributed by atoms with E-state index in [9.17, 15) is 18.7 Å². The zero-order chi connectivity index (χ0) is 14.0. The van der Waals surface area contributed by atoms with Gasteiger partial charge in [-0.05, 0) is 29.3 Å². The number of nitrogens with one attached hydrogen (secondary N) is 1. The molecule has 0 aliphatic carbocycles. The number of nitrogens with zero attached hydrogens (tertiary/aromatic N) is 1. The van der Waals surface area contributed by atoms with Gasteiger partial charge in [0.1, 0.15) is 10.8 Å². The van der Waals surface area contributed by atoms with Crippen molar-refractivity contribution in [2.24, 2.45) is 0 Å². The van der Waals surface area contributed by atoms with Gasteiger partial charge in [-0.3, -0.25) is 14.3 Å². The van der Waals surface area contributed by atoms with Gasteiger partial charge in [-0.2, -0.15) is 0 Å². The summed E-state index contributed by atoms with van der Waals surface area (Å²) >= 11 is 4.24. The molecule has 9 heteroatoms. The van der Waals surface area contributed by atoms with Crippen LogP contribution in [0.5, 0.6) is 5.75 Å². The summed E-state index contributed by atoms with van der Waals surface area (Å²) in [6, 6.07) is 3.97. The van der Waals surface area contributed by atoms with Gasteiger partial charge in [0.2, 0.25) is 0 Å². The van der Waals surface area contributed by atoms with Crippen LogP contribution in [-0.4, -0.2) is 24.8 Å². The molecule has 1 aromatic carbocycles. The van der Waals surface area contributed by atoms with E-state index >= 15 is 0 Å². The van der Waals surface area contributed by atoms with E-state index in [2.05, 4.69) is 10.3 Å². The molecular weight excluding hydrogens is 312 g/mol. The molecule has 0 aliphatic heterocycles. The number of hydrogen-bond donors (Lipinski definition) is 2. The zero-order valence-electron chi connectivity index (χ0n) is 9.12. The molecule has 0 aliphatic rings. The van der Waals surface area contributed by atoms with Crippen molar-refractivity contribution in [2.75, 3.05) is 5.32 Å². The third kappa shape index (κ3) is 3.29. The smallest absolute Gasteiger partial charge is 0.257 e. The number of aromatic hydroxyl groups is 1. The lowest BCUT2D eigenvalue weighted by Crippen LogP contribution is -2.11. The molecule has 1 atom stereocenters. The van der Waals surface area contributed by atoms with E-state index in [0.29, 0.717) is 0 Å². The third-order valence-corrected chi connectivity index (χ3v) is 3.84. The van der Waals surface area contributed by atoms with Gasteiger partial charge in [-0.25, -0.2) is 4.98 Å². The Morgan fingerprint density at radius 3 is 2.84 bits per heavy atom. The number of benzene rings is 1. The number of thiazole rings is 1. The maximum absolute atomic E-state index is 11.8. The van der Waals surface area contributed by atoms with E-state index in [1.165, 1.54) is 23.6 Å². The summed E-state index contributed by atoms with van der Waals surface area (Å²) in [5.74, 6) is -0.629. The molecule has 0 radical (unpaired) electrons. The third-order valence-electron chi connectivity index (χ3n) is 2.08. The lowest BCUT2D eigenvalue weighted by atomic mass is 10.2. The summed E-state index contributed by atoms with van der Waals surface area (Å²) in [7, 11) is 0. The van der Waals surface area contributed by atoms with E-state index in [-0.39, 0.29) is 26.5 Å². The van der Waals surface area contributed by atoms with Gasteiger partial charge in [0.15, 0.2) is 5.13 Å². The largest absolute Gasteiger partial charge is 0.767 e. The highest BCUT2D eigenvalue weighted by Gasteiger charge is 2.11. The Morgan fingerprint density at radius 2 is 2.26 bits per heavy atom. The highest BCUT2D eigenvalue weighted by Crippen LogP contribution is 2.24. The molecule has 6 nitrogen and oxygen atoms in total. The fourth-order valence-electron chi connectivity index (χ4n) is 1.21. The van der Waals surface area contributed by atoms with E-state index < -0.39 is 17.0 Å². The molecule has 2 aromatic rings. The standard InChI is InChI=1S/C10H7ClN2O4S2/c11-6-3-5(1-2-7(6)14)9(15)13-10-12-8(4-18-10)19(16)17/h1-4,14H,(H,16,17)(H,12,13,15)/p-1. The van der Waals surface area contributed by atoms with Crippen molar-refractivity contribution in [2.45, 2.75) is 5.03 Å². The molecule has 1 unspecified atom stereocenters. The van der Waals surface area contributed by atoms with Crippen LogP contribution in [0.2, 0.25) is 5.02 Å². The Hall–Kier alpha value is -1.48. The molecule has 19 heavy (non-hydrogen) atoms. The predicted molar refractivity (Wildman–Crippen MR) is 70.4 cm³/mol. The molecule has 0 spiro atoms. The lowest BCUT2D eigenvalue weighted by molar-refractivity contribution is 0.102. The van der Waals surface area contributed by atoms with Crippen molar-refractivity contribution < 1.29 is 18.7 Å². The number of aromatic nitrogens is 1. The van der Waals surface area contributed by atoms with E-state index in [1.54, 1.807) is 0 Å². The minimum absolute atomic E-state index is 0.0492. The first-order valence-electron chi connectivity index (χ1n) is 4.82. The summed E-state index contributed by atoms with van der Waals surface area (Å²) in [6.45, 7) is 0. The minimum Gasteiger partial charge on any atom is -0.767 e. The van der Waals surface area contributed by atoms with Crippen molar-refractivity contribution in [1.29, 1.82) is 0 Å². The average molecular weight is 318 g/mol. The topological polar surface area (TPSA) is 102 Å². The van der Waals surface area contributed by atoms with Gasteiger partial charge < -0.3 is 9.66 Å². The molecule has 1 aromatic heterocycles. The average Bonchev–Trinajstić information content (AvgIpc) is 2.81. The Balaban J connectivity index is 2.15. The van der Waals surface area contributed by atoms with Gasteiger partial charge in [0.05, 0.1) is 5.02 Å². The molecule has 1 heterocycles. The quantitative estimate of drug-likeness (QED) is 0.843. The van der Waals surface area contributed by atoms with Crippen molar-refractivity contribution >= 4 is 45.1 Å². The highest BCUT2D eigenvalue weighted by atomic mass is 35.5. The summed E-state index contributed by atoms with van der Waals surface area (Å²) in [5, 5.41) is 13.1. The molecule has 0 saturated heterocycles. The van der Waals surface area contributed by atoms with Crippen LogP contribution in [0.3, 0.4) is 0 Å². The summed E-state index contributed by atoms with van der Waals surface area (Å²) in [5.41, 5.74) is 0.225. The van der Waals surface area contributed by atoms with Crippen LogP contribution in [0.1, 0.15) is 10.4 Å². The molecule has 2 rings (SSSR count). The summed E-state index contributed by atoms with van der Waals surface area (Å²) in [6.07, 6.45) is 0. The van der Waals surface area contributed by atoms with Crippen LogP contribution < -0.4 is 5.32 Å². The van der Waals surface area contributed by atoms with Crippen LogP contribution >= 0.6 is 22.9 Å². The molecule has 2 N–H and O–H groups in total. The van der Waals surface area contributed by atoms with Crippen LogP contribution in [0, 0.1) is 0 Å². The van der Waals surface area contributed by atoms with Gasteiger partial charge in [-0.15, -0.1) is 11.3 Å². The van der Waals surface area contributed by atoms with Crippen LogP contribution in [0.4, 0.5) is 5.13 Å².